The van der Waals surface area contributed by atoms with E-state index in [1.807, 2.05) is 29.6 Å². The number of carbonyl (C=O) groups is 2. The average molecular weight is 465 g/mol. The molecule has 2 aromatic carbocycles. The summed E-state index contributed by atoms with van der Waals surface area (Å²) in [4.78, 5) is 31.2. The average Bonchev–Trinajstić information content (AvgIpc) is 3.31. The van der Waals surface area contributed by atoms with E-state index in [0.717, 1.165) is 5.56 Å². The molecule has 0 aliphatic heterocycles. The van der Waals surface area contributed by atoms with Crippen molar-refractivity contribution in [3.63, 3.8) is 0 Å². The van der Waals surface area contributed by atoms with Gasteiger partial charge in [0.2, 0.25) is 11.8 Å². The van der Waals surface area contributed by atoms with Gasteiger partial charge in [-0.15, -0.1) is 11.3 Å². The van der Waals surface area contributed by atoms with Crippen molar-refractivity contribution in [2.24, 2.45) is 0 Å². The summed E-state index contributed by atoms with van der Waals surface area (Å²) in [6.45, 7) is 0.277. The monoisotopic (exact) mass is 464 g/mol. The summed E-state index contributed by atoms with van der Waals surface area (Å²) in [7, 11) is 3.16. The minimum Gasteiger partial charge on any atom is -0.497 e. The van der Waals surface area contributed by atoms with Gasteiger partial charge in [0.1, 0.15) is 11.5 Å². The van der Waals surface area contributed by atoms with E-state index in [4.69, 9.17) is 14.7 Å². The number of nitrogens with zero attached hydrogens (tertiary/aromatic N) is 3. The Kier molecular flexibility index (Phi) is 8.38. The molecule has 0 spiro atoms. The second-order valence-electron chi connectivity index (χ2n) is 6.94. The molecule has 0 fully saturated rings. The molecule has 0 aliphatic carbocycles. The van der Waals surface area contributed by atoms with E-state index in [9.17, 15) is 9.59 Å². The zero-order chi connectivity index (χ0) is 23.6. The number of hydrogen-bond donors (Lipinski definition) is 1. The summed E-state index contributed by atoms with van der Waals surface area (Å²) in [6.07, 6.45) is 0.239. The van der Waals surface area contributed by atoms with Crippen LogP contribution in [0.5, 0.6) is 11.5 Å². The summed E-state index contributed by atoms with van der Waals surface area (Å²) >= 11 is 1.28. The smallest absolute Gasteiger partial charge is 0.227 e. The molecule has 3 rings (SSSR count). The Hall–Kier alpha value is -3.90. The maximum absolute atomic E-state index is 12.7. The number of thiazole rings is 1. The van der Waals surface area contributed by atoms with Crippen molar-refractivity contribution < 1.29 is 19.1 Å². The van der Waals surface area contributed by atoms with Crippen LogP contribution in [0.3, 0.4) is 0 Å². The van der Waals surface area contributed by atoms with Crippen LogP contribution in [0.1, 0.15) is 19.3 Å². The van der Waals surface area contributed by atoms with Crippen molar-refractivity contribution in [3.05, 3.63) is 53.9 Å². The minimum absolute atomic E-state index is 0.00607. The number of benzene rings is 2. The van der Waals surface area contributed by atoms with Gasteiger partial charge in [-0.3, -0.25) is 9.59 Å². The zero-order valence-corrected chi connectivity index (χ0v) is 19.2. The molecule has 0 radical (unpaired) electrons. The molecular formula is C24H24N4O4S. The minimum atomic E-state index is -0.310. The van der Waals surface area contributed by atoms with Crippen LogP contribution in [0.2, 0.25) is 0 Å². The number of para-hydroxylation sites is 1. The SMILES string of the molecule is COc1ccc(OC)c(-c2csc(NC(=O)CCC(=O)N(CCC#N)c3ccccc3)n2)c1. The van der Waals surface area contributed by atoms with E-state index in [1.165, 1.54) is 16.2 Å². The highest BCUT2D eigenvalue weighted by Crippen LogP contribution is 2.35. The standard InChI is InChI=1S/C24H24N4O4S/c1-31-18-9-10-21(32-2)19(15-18)20-16-33-24(26-20)27-22(29)11-12-23(30)28(14-6-13-25)17-7-4-3-5-8-17/h3-5,7-10,15-16H,6,11-12,14H2,1-2H3,(H,26,27,29). The van der Waals surface area contributed by atoms with Crippen molar-refractivity contribution in [1.82, 2.24) is 4.98 Å². The zero-order valence-electron chi connectivity index (χ0n) is 18.4. The Bertz CT molecular complexity index is 1140. The molecule has 0 saturated carbocycles. The lowest BCUT2D eigenvalue weighted by atomic mass is 10.1. The molecule has 0 saturated heterocycles. The normalized spacial score (nSPS) is 10.2. The molecule has 1 N–H and O–H groups in total. The van der Waals surface area contributed by atoms with Gasteiger partial charge in [0, 0.05) is 36.0 Å². The lowest BCUT2D eigenvalue weighted by Crippen LogP contribution is -2.32. The third-order valence-corrected chi connectivity index (χ3v) is 5.57. The first-order chi connectivity index (χ1) is 16.0. The maximum Gasteiger partial charge on any atom is 0.227 e. The van der Waals surface area contributed by atoms with Crippen LogP contribution in [0, 0.1) is 11.3 Å². The van der Waals surface area contributed by atoms with E-state index in [-0.39, 0.29) is 37.6 Å². The molecule has 1 aromatic heterocycles. The van der Waals surface area contributed by atoms with E-state index in [1.54, 1.807) is 38.5 Å². The van der Waals surface area contributed by atoms with Crippen LogP contribution in [-0.4, -0.2) is 37.6 Å². The Morgan fingerprint density at radius 3 is 2.61 bits per heavy atom. The number of amides is 2. The number of aromatic nitrogens is 1. The Labute approximate surface area is 196 Å². The van der Waals surface area contributed by atoms with Crippen LogP contribution < -0.4 is 19.7 Å². The van der Waals surface area contributed by atoms with Crippen molar-refractivity contribution in [2.75, 3.05) is 31.0 Å². The molecule has 0 unspecified atom stereocenters. The van der Waals surface area contributed by atoms with Crippen LogP contribution >= 0.6 is 11.3 Å². The summed E-state index contributed by atoms with van der Waals surface area (Å²) in [5.74, 6) is 0.785. The number of nitriles is 1. The summed E-state index contributed by atoms with van der Waals surface area (Å²) in [6, 6.07) is 16.6. The highest BCUT2D eigenvalue weighted by atomic mass is 32.1. The van der Waals surface area contributed by atoms with Crippen LogP contribution in [0.15, 0.2) is 53.9 Å². The molecule has 1 heterocycles. The first kappa shape index (κ1) is 23.8. The van der Waals surface area contributed by atoms with Crippen LogP contribution in [0.25, 0.3) is 11.3 Å². The van der Waals surface area contributed by atoms with Crippen molar-refractivity contribution in [1.29, 1.82) is 5.26 Å². The fourth-order valence-electron chi connectivity index (χ4n) is 3.17. The van der Waals surface area contributed by atoms with Gasteiger partial charge in [-0.1, -0.05) is 18.2 Å². The fraction of sp³-hybridized carbons (Fsp3) is 0.250. The molecule has 0 bridgehead atoms. The number of anilines is 2. The predicted molar refractivity (Wildman–Crippen MR) is 128 cm³/mol. The third-order valence-electron chi connectivity index (χ3n) is 4.82. The van der Waals surface area contributed by atoms with Crippen LogP contribution in [-0.2, 0) is 9.59 Å². The summed E-state index contributed by atoms with van der Waals surface area (Å²) in [5, 5.41) is 13.9. The van der Waals surface area contributed by atoms with Gasteiger partial charge >= 0.3 is 0 Å². The second-order valence-corrected chi connectivity index (χ2v) is 7.80. The van der Waals surface area contributed by atoms with Gasteiger partial charge in [-0.2, -0.15) is 5.26 Å². The Morgan fingerprint density at radius 1 is 1.12 bits per heavy atom. The highest BCUT2D eigenvalue weighted by molar-refractivity contribution is 7.14. The first-order valence-electron chi connectivity index (χ1n) is 10.3. The largest absolute Gasteiger partial charge is 0.497 e. The third kappa shape index (κ3) is 6.30. The van der Waals surface area contributed by atoms with E-state index in [0.29, 0.717) is 28.0 Å². The Morgan fingerprint density at radius 2 is 1.91 bits per heavy atom. The molecule has 33 heavy (non-hydrogen) atoms. The molecule has 170 valence electrons. The van der Waals surface area contributed by atoms with Gasteiger partial charge in [-0.25, -0.2) is 4.98 Å². The second kappa shape index (κ2) is 11.6. The number of methoxy groups -OCH3 is 2. The summed E-state index contributed by atoms with van der Waals surface area (Å²) < 4.78 is 10.7. The Balaban J connectivity index is 1.62. The van der Waals surface area contributed by atoms with Gasteiger partial charge < -0.3 is 19.7 Å². The van der Waals surface area contributed by atoms with Gasteiger partial charge in [0.25, 0.3) is 0 Å². The lowest BCUT2D eigenvalue weighted by molar-refractivity contribution is -0.122. The van der Waals surface area contributed by atoms with Crippen molar-refractivity contribution in [2.45, 2.75) is 19.3 Å². The molecule has 2 amide bonds. The number of hydrogen-bond acceptors (Lipinski definition) is 7. The van der Waals surface area contributed by atoms with E-state index < -0.39 is 0 Å². The number of rotatable bonds is 10. The predicted octanol–water partition coefficient (Wildman–Crippen LogP) is 4.49. The van der Waals surface area contributed by atoms with Crippen molar-refractivity contribution >= 4 is 34.0 Å². The number of nitrogens with one attached hydrogen (secondary N) is 1. The number of ether oxygens (including phenoxy) is 2. The number of carbonyl (C=O) groups excluding carboxylic acids is 2. The van der Waals surface area contributed by atoms with E-state index in [2.05, 4.69) is 16.4 Å². The topological polar surface area (TPSA) is 105 Å². The maximum atomic E-state index is 12.7. The highest BCUT2D eigenvalue weighted by Gasteiger charge is 2.18. The van der Waals surface area contributed by atoms with Gasteiger partial charge in [0.05, 0.1) is 32.4 Å². The van der Waals surface area contributed by atoms with Crippen LogP contribution in [0.4, 0.5) is 10.8 Å². The summed E-state index contributed by atoms with van der Waals surface area (Å²) in [5.41, 5.74) is 2.10. The molecule has 3 aromatic rings. The van der Waals surface area contributed by atoms with Gasteiger partial charge in [0.15, 0.2) is 5.13 Å². The van der Waals surface area contributed by atoms with E-state index >= 15 is 0 Å². The molecule has 0 aliphatic rings. The van der Waals surface area contributed by atoms with Crippen molar-refractivity contribution in [3.8, 4) is 28.8 Å². The lowest BCUT2D eigenvalue weighted by Gasteiger charge is -2.21. The molecular weight excluding hydrogens is 440 g/mol. The quantitative estimate of drug-likeness (QED) is 0.474. The fourth-order valence-corrected chi connectivity index (χ4v) is 3.90. The van der Waals surface area contributed by atoms with Gasteiger partial charge in [-0.05, 0) is 30.3 Å². The molecule has 0 atom stereocenters. The molecule has 9 heteroatoms. The molecule has 8 nitrogen and oxygen atoms in total. The first-order valence-corrected chi connectivity index (χ1v) is 11.1.